The molecule has 2 aliphatic carbocycles. The first-order chi connectivity index (χ1) is 8.13. The molecule has 2 saturated carbocycles. The van der Waals surface area contributed by atoms with E-state index in [0.717, 1.165) is 23.6 Å². The number of hydrogen-bond acceptors (Lipinski definition) is 1. The van der Waals surface area contributed by atoms with Gasteiger partial charge in [-0.25, -0.2) is 0 Å². The number of carbonyl (C=O) groups is 1. The van der Waals surface area contributed by atoms with Crippen LogP contribution in [0, 0.1) is 23.7 Å². The van der Waals surface area contributed by atoms with Gasteiger partial charge < -0.3 is 5.32 Å². The van der Waals surface area contributed by atoms with Crippen molar-refractivity contribution in [2.45, 2.75) is 52.0 Å². The standard InChI is InChI=1S/C14H24BrNO/c1-9(2)7-10(8-15)16-14(17)13-11-5-3-4-6-12(11)13/h9-13H,3-8H2,1-2H3,(H,16,17). The van der Waals surface area contributed by atoms with Gasteiger partial charge in [0.05, 0.1) is 0 Å². The fourth-order valence-electron chi connectivity index (χ4n) is 3.41. The van der Waals surface area contributed by atoms with E-state index >= 15 is 0 Å². The second-order valence-corrected chi connectivity index (χ2v) is 6.77. The summed E-state index contributed by atoms with van der Waals surface area (Å²) < 4.78 is 0. The Labute approximate surface area is 113 Å². The third-order valence-electron chi connectivity index (χ3n) is 4.25. The summed E-state index contributed by atoms with van der Waals surface area (Å²) in [5, 5.41) is 4.10. The molecule has 0 bridgehead atoms. The Bertz CT molecular complexity index is 267. The fourth-order valence-corrected chi connectivity index (χ4v) is 3.83. The summed E-state index contributed by atoms with van der Waals surface area (Å²) in [6.07, 6.45) is 6.30. The van der Waals surface area contributed by atoms with Gasteiger partial charge in [-0.3, -0.25) is 4.79 Å². The first kappa shape index (κ1) is 13.4. The molecule has 1 amide bonds. The van der Waals surface area contributed by atoms with Gasteiger partial charge in [-0.2, -0.15) is 0 Å². The molecule has 3 heteroatoms. The maximum absolute atomic E-state index is 12.2. The van der Waals surface area contributed by atoms with Gasteiger partial charge in [0.15, 0.2) is 0 Å². The van der Waals surface area contributed by atoms with Crippen LogP contribution in [0.1, 0.15) is 46.0 Å². The van der Waals surface area contributed by atoms with E-state index in [4.69, 9.17) is 0 Å². The number of alkyl halides is 1. The van der Waals surface area contributed by atoms with Crippen molar-refractivity contribution in [3.05, 3.63) is 0 Å². The summed E-state index contributed by atoms with van der Waals surface area (Å²) in [7, 11) is 0. The van der Waals surface area contributed by atoms with Gasteiger partial charge in [0.25, 0.3) is 0 Å². The second-order valence-electron chi connectivity index (χ2n) is 6.13. The number of hydrogen-bond donors (Lipinski definition) is 1. The molecule has 2 fully saturated rings. The number of nitrogens with one attached hydrogen (secondary N) is 1. The second kappa shape index (κ2) is 5.73. The molecule has 0 aromatic carbocycles. The van der Waals surface area contributed by atoms with E-state index < -0.39 is 0 Å². The lowest BCUT2D eigenvalue weighted by Gasteiger charge is -2.18. The first-order valence-electron chi connectivity index (χ1n) is 6.99. The highest BCUT2D eigenvalue weighted by molar-refractivity contribution is 9.09. The molecule has 3 unspecified atom stereocenters. The summed E-state index contributed by atoms with van der Waals surface area (Å²) in [5.74, 6) is 2.76. The SMILES string of the molecule is CC(C)CC(CBr)NC(=O)C1C2CCCCC21. The summed E-state index contributed by atoms with van der Waals surface area (Å²) in [6, 6.07) is 0.310. The van der Waals surface area contributed by atoms with Crippen LogP contribution in [0.25, 0.3) is 0 Å². The molecule has 2 rings (SSSR count). The lowest BCUT2D eigenvalue weighted by molar-refractivity contribution is -0.123. The third kappa shape index (κ3) is 3.24. The molecule has 0 heterocycles. The minimum Gasteiger partial charge on any atom is -0.352 e. The van der Waals surface area contributed by atoms with E-state index in [0.29, 0.717) is 23.8 Å². The van der Waals surface area contributed by atoms with Crippen LogP contribution in [0.5, 0.6) is 0 Å². The molecule has 0 aromatic heterocycles. The summed E-state index contributed by atoms with van der Waals surface area (Å²) in [4.78, 5) is 12.2. The van der Waals surface area contributed by atoms with Gasteiger partial charge in [0.2, 0.25) is 5.91 Å². The van der Waals surface area contributed by atoms with E-state index in [9.17, 15) is 4.79 Å². The Morgan fingerprint density at radius 1 is 1.29 bits per heavy atom. The Balaban J connectivity index is 1.80. The maximum atomic E-state index is 12.2. The number of amides is 1. The number of halogens is 1. The molecule has 0 aromatic rings. The van der Waals surface area contributed by atoms with Gasteiger partial charge >= 0.3 is 0 Å². The molecular weight excluding hydrogens is 278 g/mol. The van der Waals surface area contributed by atoms with Gasteiger partial charge in [0.1, 0.15) is 0 Å². The maximum Gasteiger partial charge on any atom is 0.223 e. The average Bonchev–Trinajstić information content (AvgIpc) is 3.01. The van der Waals surface area contributed by atoms with Crippen molar-refractivity contribution in [1.29, 1.82) is 0 Å². The van der Waals surface area contributed by atoms with Crippen molar-refractivity contribution in [2.24, 2.45) is 23.7 Å². The van der Waals surface area contributed by atoms with Gasteiger partial charge in [-0.1, -0.05) is 42.6 Å². The van der Waals surface area contributed by atoms with Crippen molar-refractivity contribution >= 4 is 21.8 Å². The summed E-state index contributed by atoms with van der Waals surface area (Å²) in [5.41, 5.74) is 0. The third-order valence-corrected chi connectivity index (χ3v) is 5.03. The van der Waals surface area contributed by atoms with Crippen LogP contribution in [0.2, 0.25) is 0 Å². The Hall–Kier alpha value is -0.0500. The van der Waals surface area contributed by atoms with E-state index in [1.54, 1.807) is 0 Å². The zero-order valence-electron chi connectivity index (χ0n) is 10.9. The molecular formula is C14H24BrNO. The van der Waals surface area contributed by atoms with Crippen molar-refractivity contribution in [1.82, 2.24) is 5.32 Å². The van der Waals surface area contributed by atoms with Crippen molar-refractivity contribution < 1.29 is 4.79 Å². The summed E-state index contributed by atoms with van der Waals surface area (Å²) >= 11 is 3.50. The molecule has 1 N–H and O–H groups in total. The molecule has 0 aliphatic heterocycles. The summed E-state index contributed by atoms with van der Waals surface area (Å²) in [6.45, 7) is 4.41. The van der Waals surface area contributed by atoms with Crippen LogP contribution in [0.3, 0.4) is 0 Å². The number of fused-ring (bicyclic) bond motifs is 1. The van der Waals surface area contributed by atoms with Crippen LogP contribution in [0.15, 0.2) is 0 Å². The zero-order valence-corrected chi connectivity index (χ0v) is 12.5. The van der Waals surface area contributed by atoms with Crippen LogP contribution < -0.4 is 5.32 Å². The lowest BCUT2D eigenvalue weighted by Crippen LogP contribution is -2.38. The van der Waals surface area contributed by atoms with Crippen LogP contribution >= 0.6 is 15.9 Å². The molecule has 98 valence electrons. The predicted molar refractivity (Wildman–Crippen MR) is 74.1 cm³/mol. The van der Waals surface area contributed by atoms with Gasteiger partial charge in [0, 0.05) is 17.3 Å². The Morgan fingerprint density at radius 2 is 1.88 bits per heavy atom. The van der Waals surface area contributed by atoms with E-state index in [2.05, 4.69) is 35.1 Å². The molecule has 0 radical (unpaired) electrons. The topological polar surface area (TPSA) is 29.1 Å². The van der Waals surface area contributed by atoms with Gasteiger partial charge in [-0.05, 0) is 37.0 Å². The Kier molecular flexibility index (Phi) is 4.51. The number of rotatable bonds is 5. The van der Waals surface area contributed by atoms with E-state index in [1.165, 1.54) is 25.7 Å². The first-order valence-corrected chi connectivity index (χ1v) is 8.12. The van der Waals surface area contributed by atoms with Crippen LogP contribution in [-0.2, 0) is 4.79 Å². The normalized spacial score (nSPS) is 33.1. The zero-order chi connectivity index (χ0) is 12.4. The predicted octanol–water partition coefficient (Wildman–Crippen LogP) is 3.35. The number of carbonyl (C=O) groups excluding carboxylic acids is 1. The molecule has 3 atom stereocenters. The largest absolute Gasteiger partial charge is 0.352 e. The van der Waals surface area contributed by atoms with Crippen LogP contribution in [0.4, 0.5) is 0 Å². The van der Waals surface area contributed by atoms with Crippen molar-refractivity contribution in [3.63, 3.8) is 0 Å². The molecule has 0 saturated heterocycles. The van der Waals surface area contributed by atoms with Gasteiger partial charge in [-0.15, -0.1) is 0 Å². The Morgan fingerprint density at radius 3 is 2.35 bits per heavy atom. The monoisotopic (exact) mass is 301 g/mol. The van der Waals surface area contributed by atoms with Crippen molar-refractivity contribution in [2.75, 3.05) is 5.33 Å². The molecule has 2 aliphatic rings. The van der Waals surface area contributed by atoms with Crippen LogP contribution in [-0.4, -0.2) is 17.3 Å². The highest BCUT2D eigenvalue weighted by atomic mass is 79.9. The quantitative estimate of drug-likeness (QED) is 0.775. The molecule has 2 nitrogen and oxygen atoms in total. The van der Waals surface area contributed by atoms with E-state index in [1.807, 2.05) is 0 Å². The lowest BCUT2D eigenvalue weighted by atomic mass is 10.0. The van der Waals surface area contributed by atoms with E-state index in [-0.39, 0.29) is 0 Å². The molecule has 0 spiro atoms. The highest BCUT2D eigenvalue weighted by Gasteiger charge is 2.54. The minimum absolute atomic E-state index is 0.310. The smallest absolute Gasteiger partial charge is 0.223 e. The minimum atomic E-state index is 0.310. The van der Waals surface area contributed by atoms with Crippen molar-refractivity contribution in [3.8, 4) is 0 Å². The fraction of sp³-hybridized carbons (Fsp3) is 0.929. The average molecular weight is 302 g/mol. The molecule has 17 heavy (non-hydrogen) atoms. The highest BCUT2D eigenvalue weighted by Crippen LogP contribution is 2.55.